The van der Waals surface area contributed by atoms with Crippen molar-refractivity contribution in [1.82, 2.24) is 15.1 Å². The minimum absolute atomic E-state index is 0.262. The Hall–Kier alpha value is -2.24. The Labute approximate surface area is 163 Å². The Kier molecular flexibility index (Phi) is 6.96. The first-order valence-electron chi connectivity index (χ1n) is 10.2. The third-order valence-electron chi connectivity index (χ3n) is 5.54. The first-order chi connectivity index (χ1) is 13.2. The number of rotatable bonds is 4. The number of anilines is 1. The summed E-state index contributed by atoms with van der Waals surface area (Å²) in [5.74, 6) is 1.80. The van der Waals surface area contributed by atoms with E-state index in [1.54, 1.807) is 0 Å². The summed E-state index contributed by atoms with van der Waals surface area (Å²) < 4.78 is 0. The van der Waals surface area contributed by atoms with Crippen molar-refractivity contribution in [3.05, 3.63) is 30.3 Å². The largest absolute Gasteiger partial charge is 0.368 e. The van der Waals surface area contributed by atoms with Gasteiger partial charge in [0.15, 0.2) is 5.96 Å². The summed E-state index contributed by atoms with van der Waals surface area (Å²) in [6.45, 7) is 8.54. The molecule has 2 aliphatic rings. The summed E-state index contributed by atoms with van der Waals surface area (Å²) in [7, 11) is 1.82. The highest BCUT2D eigenvalue weighted by molar-refractivity contribution is 5.81. The molecule has 2 aliphatic heterocycles. The molecule has 1 amide bonds. The number of amides is 1. The molecule has 0 aromatic heterocycles. The molecule has 2 saturated heterocycles. The first kappa shape index (κ1) is 19.5. The van der Waals surface area contributed by atoms with Gasteiger partial charge in [0.25, 0.3) is 0 Å². The van der Waals surface area contributed by atoms with Crippen LogP contribution < -0.4 is 10.2 Å². The van der Waals surface area contributed by atoms with Crippen LogP contribution in [0, 0.1) is 5.92 Å². The summed E-state index contributed by atoms with van der Waals surface area (Å²) in [6, 6.07) is 10.5. The summed E-state index contributed by atoms with van der Waals surface area (Å²) in [6.07, 6.45) is 2.91. The van der Waals surface area contributed by atoms with Crippen molar-refractivity contribution in [2.45, 2.75) is 26.2 Å². The van der Waals surface area contributed by atoms with E-state index in [1.807, 2.05) is 11.9 Å². The van der Waals surface area contributed by atoms with E-state index in [1.165, 1.54) is 12.1 Å². The van der Waals surface area contributed by atoms with Gasteiger partial charge < -0.3 is 20.0 Å². The van der Waals surface area contributed by atoms with E-state index in [9.17, 15) is 4.79 Å². The van der Waals surface area contributed by atoms with E-state index < -0.39 is 0 Å². The van der Waals surface area contributed by atoms with E-state index >= 15 is 0 Å². The number of aliphatic imine (C=N–C) groups is 1. The van der Waals surface area contributed by atoms with Crippen LogP contribution in [-0.2, 0) is 4.79 Å². The molecule has 3 rings (SSSR count). The molecule has 0 spiro atoms. The van der Waals surface area contributed by atoms with Gasteiger partial charge >= 0.3 is 0 Å². The number of hydrogen-bond donors (Lipinski definition) is 1. The van der Waals surface area contributed by atoms with E-state index in [4.69, 9.17) is 0 Å². The molecule has 1 aromatic carbocycles. The van der Waals surface area contributed by atoms with Crippen LogP contribution in [-0.4, -0.2) is 74.5 Å². The van der Waals surface area contributed by atoms with E-state index in [0.29, 0.717) is 18.9 Å². The lowest BCUT2D eigenvalue weighted by Crippen LogP contribution is -2.53. The smallest absolute Gasteiger partial charge is 0.224 e. The number of nitrogens with one attached hydrogen (secondary N) is 1. The lowest BCUT2D eigenvalue weighted by molar-refractivity contribution is -0.132. The van der Waals surface area contributed by atoms with Gasteiger partial charge in [-0.3, -0.25) is 9.79 Å². The average Bonchev–Trinajstić information content (AvgIpc) is 2.72. The topological polar surface area (TPSA) is 51.2 Å². The number of benzene rings is 1. The molecule has 0 saturated carbocycles. The predicted molar refractivity (Wildman–Crippen MR) is 111 cm³/mol. The van der Waals surface area contributed by atoms with Gasteiger partial charge in [0.05, 0.1) is 0 Å². The molecule has 148 valence electrons. The van der Waals surface area contributed by atoms with Crippen molar-refractivity contribution in [1.29, 1.82) is 0 Å². The van der Waals surface area contributed by atoms with E-state index in [0.717, 1.165) is 51.6 Å². The van der Waals surface area contributed by atoms with Crippen molar-refractivity contribution in [3.8, 4) is 0 Å². The van der Waals surface area contributed by atoms with Crippen molar-refractivity contribution in [2.75, 3.05) is 57.8 Å². The van der Waals surface area contributed by atoms with E-state index in [2.05, 4.69) is 57.4 Å². The monoisotopic (exact) mass is 371 g/mol. The number of nitrogens with zero attached hydrogens (tertiary/aromatic N) is 4. The highest BCUT2D eigenvalue weighted by Crippen LogP contribution is 2.17. The molecule has 0 radical (unpaired) electrons. The average molecular weight is 372 g/mol. The number of piperazine rings is 1. The fourth-order valence-corrected chi connectivity index (χ4v) is 4.00. The first-order valence-corrected chi connectivity index (χ1v) is 10.2. The molecule has 2 heterocycles. The summed E-state index contributed by atoms with van der Waals surface area (Å²) >= 11 is 0. The molecular weight excluding hydrogens is 338 g/mol. The second-order valence-corrected chi connectivity index (χ2v) is 7.62. The van der Waals surface area contributed by atoms with Crippen LogP contribution >= 0.6 is 0 Å². The molecule has 2 fully saturated rings. The molecule has 1 atom stereocenters. The van der Waals surface area contributed by atoms with Crippen LogP contribution in [0.3, 0.4) is 0 Å². The third kappa shape index (κ3) is 5.37. The molecule has 1 N–H and O–H groups in total. The van der Waals surface area contributed by atoms with Crippen LogP contribution in [0.1, 0.15) is 26.2 Å². The van der Waals surface area contributed by atoms with Crippen molar-refractivity contribution < 1.29 is 4.79 Å². The van der Waals surface area contributed by atoms with Crippen LogP contribution in [0.4, 0.5) is 5.69 Å². The number of guanidine groups is 1. The molecule has 0 bridgehead atoms. The Balaban J connectivity index is 1.41. The number of piperidine rings is 1. The minimum atomic E-state index is 0.262. The van der Waals surface area contributed by atoms with Crippen LogP contribution in [0.15, 0.2) is 35.3 Å². The van der Waals surface area contributed by atoms with Crippen LogP contribution in [0.25, 0.3) is 0 Å². The SMILES string of the molecule is CN=C(NCCC(=O)N1CCCC(C)C1)N1CCN(c2ccccc2)CC1. The highest BCUT2D eigenvalue weighted by atomic mass is 16.2. The van der Waals surface area contributed by atoms with Gasteiger partial charge in [0, 0.05) is 65.0 Å². The van der Waals surface area contributed by atoms with Crippen molar-refractivity contribution in [2.24, 2.45) is 10.9 Å². The maximum absolute atomic E-state index is 12.4. The number of para-hydroxylation sites is 1. The molecule has 0 aliphatic carbocycles. The Morgan fingerprint density at radius 1 is 1.11 bits per heavy atom. The van der Waals surface area contributed by atoms with Gasteiger partial charge in [-0.25, -0.2) is 0 Å². The standard InChI is InChI=1S/C21H33N5O/c1-18-7-6-12-26(17-18)20(27)10-11-23-21(22-2)25-15-13-24(14-16-25)19-8-4-3-5-9-19/h3-5,8-9,18H,6-7,10-17H2,1-2H3,(H,22,23). The number of carbonyl (C=O) groups excluding carboxylic acids is 1. The van der Waals surface area contributed by atoms with Gasteiger partial charge in [-0.15, -0.1) is 0 Å². The van der Waals surface area contributed by atoms with Gasteiger partial charge in [-0.1, -0.05) is 25.1 Å². The third-order valence-corrected chi connectivity index (χ3v) is 5.54. The number of likely N-dealkylation sites (tertiary alicyclic amines) is 1. The van der Waals surface area contributed by atoms with Crippen LogP contribution in [0.2, 0.25) is 0 Å². The summed E-state index contributed by atoms with van der Waals surface area (Å²) in [4.78, 5) is 23.6. The van der Waals surface area contributed by atoms with Crippen molar-refractivity contribution in [3.63, 3.8) is 0 Å². The lowest BCUT2D eigenvalue weighted by atomic mass is 10.00. The predicted octanol–water partition coefficient (Wildman–Crippen LogP) is 2.03. The fraction of sp³-hybridized carbons (Fsp3) is 0.619. The van der Waals surface area contributed by atoms with Gasteiger partial charge in [0.1, 0.15) is 0 Å². The summed E-state index contributed by atoms with van der Waals surface area (Å²) in [5.41, 5.74) is 1.28. The Bertz CT molecular complexity index is 625. The van der Waals surface area contributed by atoms with E-state index in [-0.39, 0.29) is 5.91 Å². The number of carbonyl (C=O) groups is 1. The lowest BCUT2D eigenvalue weighted by Gasteiger charge is -2.37. The van der Waals surface area contributed by atoms with Gasteiger partial charge in [-0.05, 0) is 30.9 Å². The van der Waals surface area contributed by atoms with Gasteiger partial charge in [-0.2, -0.15) is 0 Å². The maximum Gasteiger partial charge on any atom is 0.224 e. The van der Waals surface area contributed by atoms with Crippen LogP contribution in [0.5, 0.6) is 0 Å². The van der Waals surface area contributed by atoms with Crippen molar-refractivity contribution >= 4 is 17.6 Å². The Morgan fingerprint density at radius 3 is 2.52 bits per heavy atom. The molecule has 1 unspecified atom stereocenters. The Morgan fingerprint density at radius 2 is 1.85 bits per heavy atom. The normalized spacial score (nSPS) is 21.3. The molecule has 6 nitrogen and oxygen atoms in total. The molecule has 6 heteroatoms. The summed E-state index contributed by atoms with van der Waals surface area (Å²) in [5, 5.41) is 3.38. The highest BCUT2D eigenvalue weighted by Gasteiger charge is 2.22. The zero-order valence-corrected chi connectivity index (χ0v) is 16.7. The molecule has 27 heavy (non-hydrogen) atoms. The number of hydrogen-bond acceptors (Lipinski definition) is 3. The van der Waals surface area contributed by atoms with Gasteiger partial charge in [0.2, 0.25) is 5.91 Å². The molecule has 1 aromatic rings. The quantitative estimate of drug-likeness (QED) is 0.650. The zero-order chi connectivity index (χ0) is 19.1. The second kappa shape index (κ2) is 9.62. The second-order valence-electron chi connectivity index (χ2n) is 7.62. The maximum atomic E-state index is 12.4. The zero-order valence-electron chi connectivity index (χ0n) is 16.7. The molecular formula is C21H33N5O. The fourth-order valence-electron chi connectivity index (χ4n) is 4.00. The minimum Gasteiger partial charge on any atom is -0.368 e.